The van der Waals surface area contributed by atoms with Gasteiger partial charge in [0, 0.05) is 6.21 Å². The normalized spacial score (nSPS) is 13.1. The van der Waals surface area contributed by atoms with Gasteiger partial charge >= 0.3 is 0 Å². The summed E-state index contributed by atoms with van der Waals surface area (Å²) >= 11 is 0. The average Bonchev–Trinajstić information content (AvgIpc) is 2.32. The summed E-state index contributed by atoms with van der Waals surface area (Å²) in [5.41, 5.74) is 3.66. The highest BCUT2D eigenvalue weighted by Gasteiger charge is 2.00. The van der Waals surface area contributed by atoms with Gasteiger partial charge in [-0.25, -0.2) is 0 Å². The lowest BCUT2D eigenvalue weighted by atomic mass is 9.98. The molecule has 0 fully saturated rings. The van der Waals surface area contributed by atoms with Crippen molar-refractivity contribution >= 4 is 11.8 Å². The van der Waals surface area contributed by atoms with Crippen molar-refractivity contribution in [3.63, 3.8) is 0 Å². The van der Waals surface area contributed by atoms with Crippen molar-refractivity contribution in [3.8, 4) is 0 Å². The third-order valence-corrected chi connectivity index (χ3v) is 2.35. The first-order valence-corrected chi connectivity index (χ1v) is 5.35. The smallest absolute Gasteiger partial charge is 0.0177 e. The molecule has 0 bridgehead atoms. The Labute approximate surface area is 97.3 Å². The maximum Gasteiger partial charge on any atom is 0.0177 e. The van der Waals surface area contributed by atoms with Crippen LogP contribution in [0.3, 0.4) is 0 Å². The molecule has 0 aliphatic carbocycles. The summed E-state index contributed by atoms with van der Waals surface area (Å²) in [6.45, 7) is 4.12. The first-order chi connectivity index (χ1) is 7.79. The molecule has 0 radical (unpaired) electrons. The molecule has 0 spiro atoms. The van der Waals surface area contributed by atoms with Crippen LogP contribution in [0.2, 0.25) is 0 Å². The monoisotopic (exact) mass is 211 g/mol. The van der Waals surface area contributed by atoms with E-state index < -0.39 is 0 Å². The van der Waals surface area contributed by atoms with Gasteiger partial charge in [0.05, 0.1) is 0 Å². The van der Waals surface area contributed by atoms with Gasteiger partial charge in [0.25, 0.3) is 0 Å². The lowest BCUT2D eigenvalue weighted by Gasteiger charge is -2.06. The first-order valence-electron chi connectivity index (χ1n) is 5.35. The van der Waals surface area contributed by atoms with Crippen LogP contribution in [0.1, 0.15) is 19.4 Å². The topological polar surface area (TPSA) is 23.9 Å². The van der Waals surface area contributed by atoms with Crippen molar-refractivity contribution in [3.05, 3.63) is 65.8 Å². The molecule has 0 heterocycles. The maximum absolute atomic E-state index is 6.91. The zero-order valence-corrected chi connectivity index (χ0v) is 9.77. The van der Waals surface area contributed by atoms with Gasteiger partial charge < -0.3 is 5.41 Å². The van der Waals surface area contributed by atoms with Crippen LogP contribution in [0.25, 0.3) is 5.57 Å². The molecule has 1 heteroatoms. The summed E-state index contributed by atoms with van der Waals surface area (Å²) in [4.78, 5) is 0. The number of rotatable bonds is 4. The minimum absolute atomic E-state index is 1.20. The van der Waals surface area contributed by atoms with E-state index in [0.717, 1.165) is 0 Å². The maximum atomic E-state index is 6.91. The van der Waals surface area contributed by atoms with Crippen molar-refractivity contribution in [2.24, 2.45) is 0 Å². The van der Waals surface area contributed by atoms with E-state index in [-0.39, 0.29) is 0 Å². The van der Waals surface area contributed by atoms with Gasteiger partial charge in [-0.2, -0.15) is 0 Å². The molecule has 1 N–H and O–H groups in total. The molecule has 0 aliphatic heterocycles. The Morgan fingerprint density at radius 2 is 1.81 bits per heavy atom. The minimum atomic E-state index is 1.20. The Balaban J connectivity index is 2.97. The molecule has 1 aromatic rings. The zero-order valence-electron chi connectivity index (χ0n) is 9.77. The lowest BCUT2D eigenvalue weighted by Crippen LogP contribution is -1.85. The third kappa shape index (κ3) is 3.35. The van der Waals surface area contributed by atoms with E-state index in [1.807, 2.05) is 37.3 Å². The summed E-state index contributed by atoms with van der Waals surface area (Å²) in [5, 5.41) is 6.91. The Morgan fingerprint density at radius 3 is 2.38 bits per heavy atom. The summed E-state index contributed by atoms with van der Waals surface area (Å²) in [6.07, 6.45) is 9.00. The molecule has 0 aromatic heterocycles. The van der Waals surface area contributed by atoms with E-state index in [4.69, 9.17) is 5.41 Å². The van der Waals surface area contributed by atoms with Gasteiger partial charge in [-0.3, -0.25) is 0 Å². The SMILES string of the molecule is C\C=C(/C(C)=C/C=C\C=N)c1ccccc1. The highest BCUT2D eigenvalue weighted by atomic mass is 14.3. The van der Waals surface area contributed by atoms with Crippen LogP contribution in [0.15, 0.2) is 60.2 Å². The van der Waals surface area contributed by atoms with Crippen LogP contribution in [0.4, 0.5) is 0 Å². The van der Waals surface area contributed by atoms with Crippen LogP contribution >= 0.6 is 0 Å². The zero-order chi connectivity index (χ0) is 11.8. The highest BCUT2D eigenvalue weighted by Crippen LogP contribution is 2.22. The van der Waals surface area contributed by atoms with Crippen LogP contribution in [0.5, 0.6) is 0 Å². The summed E-state index contributed by atoms with van der Waals surface area (Å²) in [7, 11) is 0. The van der Waals surface area contributed by atoms with Crippen molar-refractivity contribution in [1.29, 1.82) is 5.41 Å². The van der Waals surface area contributed by atoms with Crippen LogP contribution < -0.4 is 0 Å². The fraction of sp³-hybridized carbons (Fsp3) is 0.133. The molecule has 1 rings (SSSR count). The van der Waals surface area contributed by atoms with Gasteiger partial charge in [-0.15, -0.1) is 0 Å². The molecule has 0 atom stereocenters. The molecule has 82 valence electrons. The molecule has 0 saturated heterocycles. The Bertz CT molecular complexity index is 422. The molecule has 1 aromatic carbocycles. The Morgan fingerprint density at radius 1 is 1.12 bits per heavy atom. The minimum Gasteiger partial charge on any atom is -0.309 e. The first kappa shape index (κ1) is 12.2. The van der Waals surface area contributed by atoms with Gasteiger partial charge in [0.2, 0.25) is 0 Å². The van der Waals surface area contributed by atoms with Crippen LogP contribution in [0, 0.1) is 5.41 Å². The van der Waals surface area contributed by atoms with Crippen molar-refractivity contribution in [2.75, 3.05) is 0 Å². The number of allylic oxidation sites excluding steroid dienone is 6. The average molecular weight is 211 g/mol. The summed E-state index contributed by atoms with van der Waals surface area (Å²) < 4.78 is 0. The van der Waals surface area contributed by atoms with E-state index >= 15 is 0 Å². The highest BCUT2D eigenvalue weighted by molar-refractivity contribution is 5.79. The summed E-state index contributed by atoms with van der Waals surface area (Å²) in [5.74, 6) is 0. The molecule has 0 aliphatic rings. The molecule has 0 saturated carbocycles. The predicted octanol–water partition coefficient (Wildman–Crippen LogP) is 4.24. The molecule has 1 nitrogen and oxygen atoms in total. The van der Waals surface area contributed by atoms with E-state index in [9.17, 15) is 0 Å². The van der Waals surface area contributed by atoms with Crippen molar-refractivity contribution in [2.45, 2.75) is 13.8 Å². The molecule has 0 amide bonds. The Hall–Kier alpha value is -1.89. The largest absolute Gasteiger partial charge is 0.309 e. The molecule has 16 heavy (non-hydrogen) atoms. The van der Waals surface area contributed by atoms with Gasteiger partial charge in [0.1, 0.15) is 0 Å². The lowest BCUT2D eigenvalue weighted by molar-refractivity contribution is 1.47. The van der Waals surface area contributed by atoms with Crippen molar-refractivity contribution in [1.82, 2.24) is 0 Å². The van der Waals surface area contributed by atoms with E-state index in [1.165, 1.54) is 22.9 Å². The number of nitrogens with one attached hydrogen (secondary N) is 1. The molecule has 0 unspecified atom stereocenters. The molecular weight excluding hydrogens is 194 g/mol. The summed E-state index contributed by atoms with van der Waals surface area (Å²) in [6, 6.07) is 10.3. The fourth-order valence-corrected chi connectivity index (χ4v) is 1.58. The van der Waals surface area contributed by atoms with E-state index in [2.05, 4.69) is 25.1 Å². The van der Waals surface area contributed by atoms with Gasteiger partial charge in [-0.05, 0) is 36.6 Å². The second-order valence-electron chi connectivity index (χ2n) is 3.47. The van der Waals surface area contributed by atoms with Crippen LogP contribution in [-0.4, -0.2) is 6.21 Å². The molecular formula is C15H17N. The predicted molar refractivity (Wildman–Crippen MR) is 71.8 cm³/mol. The Kier molecular flexibility index (Phi) is 5.00. The van der Waals surface area contributed by atoms with Gasteiger partial charge in [0.15, 0.2) is 0 Å². The van der Waals surface area contributed by atoms with E-state index in [1.54, 1.807) is 6.08 Å². The fourth-order valence-electron chi connectivity index (χ4n) is 1.58. The van der Waals surface area contributed by atoms with Crippen LogP contribution in [-0.2, 0) is 0 Å². The van der Waals surface area contributed by atoms with Gasteiger partial charge in [-0.1, -0.05) is 48.6 Å². The number of benzene rings is 1. The standard InChI is InChI=1S/C15H17N/c1-3-15(13(2)9-7-8-12-16)14-10-5-4-6-11-14/h3-12,16H,1-2H3/b8-7-,13-9+,15-3+,16-12?. The van der Waals surface area contributed by atoms with E-state index in [0.29, 0.717) is 0 Å². The third-order valence-electron chi connectivity index (χ3n) is 2.35. The number of hydrogen-bond donors (Lipinski definition) is 1. The second-order valence-corrected chi connectivity index (χ2v) is 3.47. The van der Waals surface area contributed by atoms with Crippen molar-refractivity contribution < 1.29 is 0 Å². The number of hydrogen-bond acceptors (Lipinski definition) is 1. The quantitative estimate of drug-likeness (QED) is 0.569. The second kappa shape index (κ2) is 6.57.